The van der Waals surface area contributed by atoms with E-state index in [1.54, 1.807) is 24.3 Å². The van der Waals surface area contributed by atoms with Gasteiger partial charge in [-0.05, 0) is 43.9 Å². The molecule has 1 unspecified atom stereocenters. The van der Waals surface area contributed by atoms with Crippen LogP contribution in [0.25, 0.3) is 0 Å². The van der Waals surface area contributed by atoms with E-state index in [-0.39, 0.29) is 11.8 Å². The predicted molar refractivity (Wildman–Crippen MR) is 93.7 cm³/mol. The molecule has 0 saturated carbocycles. The Morgan fingerprint density at radius 1 is 1.00 bits per heavy atom. The van der Waals surface area contributed by atoms with Crippen molar-refractivity contribution in [1.82, 2.24) is 4.90 Å². The van der Waals surface area contributed by atoms with Crippen molar-refractivity contribution in [3.63, 3.8) is 0 Å². The number of nitrogens with zero attached hydrogens (tertiary/aromatic N) is 1. The Kier molecular flexibility index (Phi) is 4.48. The second kappa shape index (κ2) is 6.72. The first-order chi connectivity index (χ1) is 11.6. The van der Waals surface area contributed by atoms with E-state index < -0.39 is 6.04 Å². The van der Waals surface area contributed by atoms with Crippen LogP contribution in [-0.2, 0) is 6.42 Å². The maximum Gasteiger partial charge on any atom is 0.262 e. The van der Waals surface area contributed by atoms with Gasteiger partial charge in [0.05, 0.1) is 11.1 Å². The lowest BCUT2D eigenvalue weighted by Gasteiger charge is -2.21. The van der Waals surface area contributed by atoms with E-state index in [9.17, 15) is 9.59 Å². The Morgan fingerprint density at radius 3 is 2.12 bits per heavy atom. The summed E-state index contributed by atoms with van der Waals surface area (Å²) in [6.07, 6.45) is 7.92. The molecule has 0 spiro atoms. The van der Waals surface area contributed by atoms with Crippen LogP contribution in [0.15, 0.2) is 48.5 Å². The zero-order valence-electron chi connectivity index (χ0n) is 13.7. The van der Waals surface area contributed by atoms with Gasteiger partial charge in [-0.1, -0.05) is 47.9 Å². The molecular weight excluding hydrogens is 298 g/mol. The summed E-state index contributed by atoms with van der Waals surface area (Å²) in [6.45, 7) is 2.06. The van der Waals surface area contributed by atoms with Gasteiger partial charge in [-0.15, -0.1) is 6.42 Å². The fourth-order valence-electron chi connectivity index (χ4n) is 3.03. The molecular formula is C21H19NO2. The third-order valence-electron chi connectivity index (χ3n) is 4.39. The van der Waals surface area contributed by atoms with E-state index in [2.05, 4.69) is 37.1 Å². The van der Waals surface area contributed by atoms with Gasteiger partial charge in [0.1, 0.15) is 6.04 Å². The summed E-state index contributed by atoms with van der Waals surface area (Å²) in [6, 6.07) is 14.7. The Bertz CT molecular complexity index is 779. The summed E-state index contributed by atoms with van der Waals surface area (Å²) in [5.41, 5.74) is 3.35. The molecule has 0 radical (unpaired) electrons. The molecule has 3 nitrogen and oxygen atoms in total. The van der Waals surface area contributed by atoms with Gasteiger partial charge in [0.15, 0.2) is 0 Å². The first-order valence-corrected chi connectivity index (χ1v) is 8.10. The summed E-state index contributed by atoms with van der Waals surface area (Å²) in [4.78, 5) is 26.2. The van der Waals surface area contributed by atoms with Gasteiger partial charge in [-0.3, -0.25) is 14.5 Å². The van der Waals surface area contributed by atoms with Crippen molar-refractivity contribution in [2.24, 2.45) is 0 Å². The fraction of sp³-hybridized carbons (Fsp3) is 0.238. The topological polar surface area (TPSA) is 37.4 Å². The molecule has 2 aromatic rings. The molecule has 3 heteroatoms. The Morgan fingerprint density at radius 2 is 1.58 bits per heavy atom. The molecule has 1 aliphatic rings. The average Bonchev–Trinajstić information content (AvgIpc) is 2.85. The summed E-state index contributed by atoms with van der Waals surface area (Å²) < 4.78 is 0. The van der Waals surface area contributed by atoms with E-state index >= 15 is 0 Å². The molecule has 0 saturated heterocycles. The minimum Gasteiger partial charge on any atom is -0.269 e. The number of hydrogen-bond donors (Lipinski definition) is 0. The maximum absolute atomic E-state index is 12.5. The highest BCUT2D eigenvalue weighted by atomic mass is 16.2. The van der Waals surface area contributed by atoms with Crippen molar-refractivity contribution in [3.8, 4) is 12.3 Å². The molecule has 0 N–H and O–H groups in total. The normalized spacial score (nSPS) is 14.4. The first kappa shape index (κ1) is 16.0. The lowest BCUT2D eigenvalue weighted by molar-refractivity contribution is 0.0614. The summed E-state index contributed by atoms with van der Waals surface area (Å²) in [5.74, 6) is 2.05. The number of fused-ring (bicyclic) bond motifs is 1. The SMILES string of the molecule is C#CC(CCCc1ccc(C)cc1)N1C(=O)c2ccccc2C1=O. The van der Waals surface area contributed by atoms with Gasteiger partial charge in [0.25, 0.3) is 11.8 Å². The summed E-state index contributed by atoms with van der Waals surface area (Å²) in [5, 5.41) is 0. The Labute approximate surface area is 142 Å². The monoisotopic (exact) mass is 317 g/mol. The van der Waals surface area contributed by atoms with Crippen molar-refractivity contribution < 1.29 is 9.59 Å². The zero-order chi connectivity index (χ0) is 17.1. The van der Waals surface area contributed by atoms with Crippen LogP contribution in [0.1, 0.15) is 44.7 Å². The number of imide groups is 1. The fourth-order valence-corrected chi connectivity index (χ4v) is 3.03. The molecule has 3 rings (SSSR count). The molecule has 2 aromatic carbocycles. The van der Waals surface area contributed by atoms with Gasteiger partial charge < -0.3 is 0 Å². The Hall–Kier alpha value is -2.86. The molecule has 120 valence electrons. The van der Waals surface area contributed by atoms with E-state index in [4.69, 9.17) is 6.42 Å². The van der Waals surface area contributed by atoms with Crippen LogP contribution in [0.5, 0.6) is 0 Å². The minimum absolute atomic E-state index is 0.283. The van der Waals surface area contributed by atoms with Gasteiger partial charge in [0, 0.05) is 0 Å². The second-order valence-corrected chi connectivity index (χ2v) is 6.09. The van der Waals surface area contributed by atoms with E-state index in [1.165, 1.54) is 16.0 Å². The highest BCUT2D eigenvalue weighted by Crippen LogP contribution is 2.26. The number of carbonyl (C=O) groups is 2. The number of aryl methyl sites for hydroxylation is 2. The molecule has 0 bridgehead atoms. The van der Waals surface area contributed by atoms with Gasteiger partial charge in [-0.25, -0.2) is 0 Å². The Balaban J connectivity index is 1.67. The standard InChI is InChI=1S/C21H19NO2/c1-3-17(8-6-7-16-13-11-15(2)12-14-16)22-20(23)18-9-4-5-10-19(18)21(22)24/h1,4-5,9-14,17H,6-8H2,2H3. The van der Waals surface area contributed by atoms with Gasteiger partial charge >= 0.3 is 0 Å². The van der Waals surface area contributed by atoms with Gasteiger partial charge in [-0.2, -0.15) is 0 Å². The van der Waals surface area contributed by atoms with Crippen molar-refractivity contribution in [2.75, 3.05) is 0 Å². The zero-order valence-corrected chi connectivity index (χ0v) is 13.7. The molecule has 0 aliphatic carbocycles. The van der Waals surface area contributed by atoms with Crippen molar-refractivity contribution >= 4 is 11.8 Å². The van der Waals surface area contributed by atoms with E-state index in [0.717, 1.165) is 12.8 Å². The number of amides is 2. The molecule has 24 heavy (non-hydrogen) atoms. The molecule has 0 aromatic heterocycles. The summed E-state index contributed by atoms with van der Waals surface area (Å²) >= 11 is 0. The molecule has 2 amide bonds. The van der Waals surface area contributed by atoms with Crippen LogP contribution in [0.4, 0.5) is 0 Å². The lowest BCUT2D eigenvalue weighted by Crippen LogP contribution is -2.39. The smallest absolute Gasteiger partial charge is 0.262 e. The molecule has 0 fully saturated rings. The quantitative estimate of drug-likeness (QED) is 0.624. The largest absolute Gasteiger partial charge is 0.269 e. The third-order valence-corrected chi connectivity index (χ3v) is 4.39. The van der Waals surface area contributed by atoms with E-state index in [0.29, 0.717) is 17.5 Å². The molecule has 1 atom stereocenters. The van der Waals surface area contributed by atoms with Crippen LogP contribution in [-0.4, -0.2) is 22.8 Å². The maximum atomic E-state index is 12.5. The van der Waals surface area contributed by atoms with Crippen LogP contribution >= 0.6 is 0 Å². The molecule has 1 heterocycles. The highest BCUT2D eigenvalue weighted by Gasteiger charge is 2.38. The highest BCUT2D eigenvalue weighted by molar-refractivity contribution is 6.21. The molecule has 1 aliphatic heterocycles. The number of benzene rings is 2. The van der Waals surface area contributed by atoms with Gasteiger partial charge in [0.2, 0.25) is 0 Å². The number of terminal acetylenes is 1. The van der Waals surface area contributed by atoms with E-state index in [1.807, 2.05) is 0 Å². The summed E-state index contributed by atoms with van der Waals surface area (Å²) in [7, 11) is 0. The van der Waals surface area contributed by atoms with Crippen LogP contribution in [0.2, 0.25) is 0 Å². The van der Waals surface area contributed by atoms with Crippen LogP contribution in [0.3, 0.4) is 0 Å². The van der Waals surface area contributed by atoms with Crippen LogP contribution in [0, 0.1) is 19.3 Å². The first-order valence-electron chi connectivity index (χ1n) is 8.10. The predicted octanol–water partition coefficient (Wildman–Crippen LogP) is 3.62. The number of carbonyl (C=O) groups excluding carboxylic acids is 2. The number of hydrogen-bond acceptors (Lipinski definition) is 2. The van der Waals surface area contributed by atoms with Crippen LogP contribution < -0.4 is 0 Å². The third kappa shape index (κ3) is 2.96. The van der Waals surface area contributed by atoms with Crippen molar-refractivity contribution in [3.05, 3.63) is 70.8 Å². The second-order valence-electron chi connectivity index (χ2n) is 6.09. The van der Waals surface area contributed by atoms with Crippen molar-refractivity contribution in [2.45, 2.75) is 32.2 Å². The lowest BCUT2D eigenvalue weighted by atomic mass is 10.0. The van der Waals surface area contributed by atoms with Crippen molar-refractivity contribution in [1.29, 1.82) is 0 Å². The number of rotatable bonds is 5. The minimum atomic E-state index is -0.497. The average molecular weight is 317 g/mol.